The summed E-state index contributed by atoms with van der Waals surface area (Å²) in [5.74, 6) is -1.99. The van der Waals surface area contributed by atoms with E-state index in [2.05, 4.69) is 20.9 Å². The molecule has 0 aliphatic carbocycles. The molecular formula is C10H10BrN2O6P. The second-order valence-corrected chi connectivity index (χ2v) is 6.91. The second-order valence-electron chi connectivity index (χ2n) is 4.17. The molecule has 8 nitrogen and oxygen atoms in total. The maximum Gasteiger partial charge on any atom is 0.368 e. The monoisotopic (exact) mass is 364 g/mol. The zero-order valence-corrected chi connectivity index (χ0v) is 12.3. The molecule has 10 heteroatoms. The summed E-state index contributed by atoms with van der Waals surface area (Å²) >= 11 is 3.22. The molecule has 0 fully saturated rings. The third kappa shape index (κ3) is 2.50. The van der Waals surface area contributed by atoms with E-state index in [0.29, 0.717) is 10.1 Å². The van der Waals surface area contributed by atoms with Crippen LogP contribution in [0.1, 0.15) is 5.69 Å². The molecule has 0 aromatic carbocycles. The van der Waals surface area contributed by atoms with Crippen LogP contribution in [0.5, 0.6) is 0 Å². The van der Waals surface area contributed by atoms with E-state index >= 15 is 0 Å². The van der Waals surface area contributed by atoms with E-state index in [1.165, 1.54) is 10.6 Å². The van der Waals surface area contributed by atoms with Gasteiger partial charge in [-0.15, -0.1) is 0 Å². The van der Waals surface area contributed by atoms with Crippen molar-refractivity contribution >= 4 is 35.1 Å². The number of carboxylic acid groups (broad SMARTS) is 1. The van der Waals surface area contributed by atoms with E-state index in [-0.39, 0.29) is 5.69 Å². The molecule has 1 unspecified atom stereocenters. The number of carbonyl (C=O) groups is 1. The minimum Gasteiger partial charge on any atom is -0.479 e. The zero-order valence-electron chi connectivity index (χ0n) is 9.84. The van der Waals surface area contributed by atoms with Crippen molar-refractivity contribution in [2.75, 3.05) is 0 Å². The lowest BCUT2D eigenvalue weighted by atomic mass is 10.2. The van der Waals surface area contributed by atoms with Crippen molar-refractivity contribution in [3.8, 4) is 0 Å². The molecule has 2 heterocycles. The van der Waals surface area contributed by atoms with Crippen LogP contribution < -0.4 is 0 Å². The first-order chi connectivity index (χ1) is 9.15. The highest BCUT2D eigenvalue weighted by Gasteiger charge is 2.53. The summed E-state index contributed by atoms with van der Waals surface area (Å²) in [7, 11) is -5.27. The Kier molecular flexibility index (Phi) is 3.74. The Morgan fingerprint density at radius 3 is 2.65 bits per heavy atom. The zero-order chi connectivity index (χ0) is 15.1. The Hall–Kier alpha value is -1.25. The maximum absolute atomic E-state index is 11.2. The normalized spacial score (nSPS) is 15.2. The number of aliphatic carboxylic acids is 1. The topological polar surface area (TPSA) is 132 Å². The standard InChI is InChI=1S/C10H10BrN2O6P/c11-6-1-2-8-12-4-7(13(8)5-6)3-10(16,9(14)15)20(17,18)19/h1-2,4-5,16H,3H2,(H,14,15)(H2,17,18,19). The largest absolute Gasteiger partial charge is 0.479 e. The molecule has 2 rings (SSSR count). The molecule has 20 heavy (non-hydrogen) atoms. The number of aromatic nitrogens is 2. The highest BCUT2D eigenvalue weighted by molar-refractivity contribution is 9.10. The quantitative estimate of drug-likeness (QED) is 0.583. The van der Waals surface area contributed by atoms with Gasteiger partial charge in [-0.3, -0.25) is 4.57 Å². The van der Waals surface area contributed by atoms with Crippen molar-refractivity contribution in [3.63, 3.8) is 0 Å². The molecule has 0 aliphatic heterocycles. The van der Waals surface area contributed by atoms with Crippen molar-refractivity contribution < 1.29 is 29.4 Å². The molecule has 0 spiro atoms. The number of pyridine rings is 1. The van der Waals surface area contributed by atoms with Crippen LogP contribution in [0.25, 0.3) is 5.65 Å². The first-order valence-corrected chi connectivity index (χ1v) is 7.68. The van der Waals surface area contributed by atoms with Gasteiger partial charge in [0.15, 0.2) is 0 Å². The van der Waals surface area contributed by atoms with Crippen LogP contribution in [0.4, 0.5) is 0 Å². The van der Waals surface area contributed by atoms with Gasteiger partial charge in [-0.25, -0.2) is 9.78 Å². The van der Waals surface area contributed by atoms with Crippen molar-refractivity contribution in [2.45, 2.75) is 11.8 Å². The Balaban J connectivity index is 2.52. The molecule has 0 radical (unpaired) electrons. The smallest absolute Gasteiger partial charge is 0.368 e. The number of imidazole rings is 1. The van der Waals surface area contributed by atoms with Crippen LogP contribution in [0, 0.1) is 0 Å². The van der Waals surface area contributed by atoms with Crippen molar-refractivity contribution in [1.29, 1.82) is 0 Å². The summed E-state index contributed by atoms with van der Waals surface area (Å²) in [4.78, 5) is 33.1. The predicted molar refractivity (Wildman–Crippen MR) is 71.2 cm³/mol. The number of fused-ring (bicyclic) bond motifs is 1. The van der Waals surface area contributed by atoms with Crippen molar-refractivity contribution in [3.05, 3.63) is 34.7 Å². The summed E-state index contributed by atoms with van der Waals surface area (Å²) in [5, 5.41) is 15.5. The number of hydrogen-bond donors (Lipinski definition) is 4. The van der Waals surface area contributed by atoms with Gasteiger partial charge in [0.25, 0.3) is 5.34 Å². The van der Waals surface area contributed by atoms with Crippen molar-refractivity contribution in [1.82, 2.24) is 9.38 Å². The number of nitrogens with zero attached hydrogens (tertiary/aromatic N) is 2. The fourth-order valence-corrected chi connectivity index (χ4v) is 2.65. The summed E-state index contributed by atoms with van der Waals surface area (Å²) in [6, 6.07) is 3.34. The summed E-state index contributed by atoms with van der Waals surface area (Å²) in [6.45, 7) is 0. The van der Waals surface area contributed by atoms with Gasteiger partial charge in [-0.05, 0) is 28.1 Å². The van der Waals surface area contributed by atoms with Gasteiger partial charge >= 0.3 is 13.6 Å². The van der Waals surface area contributed by atoms with E-state index in [4.69, 9.17) is 14.9 Å². The van der Waals surface area contributed by atoms with Crippen LogP contribution >= 0.6 is 23.5 Å². The molecule has 1 atom stereocenters. The molecule has 0 aliphatic rings. The number of halogens is 1. The minimum atomic E-state index is -5.27. The number of carboxylic acids is 1. The van der Waals surface area contributed by atoms with E-state index in [1.54, 1.807) is 18.3 Å². The van der Waals surface area contributed by atoms with Gasteiger partial charge in [-0.2, -0.15) is 0 Å². The third-order valence-corrected chi connectivity index (χ3v) is 4.58. The number of hydrogen-bond acceptors (Lipinski definition) is 4. The second kappa shape index (κ2) is 4.94. The van der Waals surface area contributed by atoms with Crippen LogP contribution in [-0.2, 0) is 15.8 Å². The van der Waals surface area contributed by atoms with Crippen LogP contribution in [-0.4, -0.2) is 40.7 Å². The molecule has 0 saturated heterocycles. The lowest BCUT2D eigenvalue weighted by Crippen LogP contribution is -2.40. The van der Waals surface area contributed by atoms with Crippen molar-refractivity contribution in [2.24, 2.45) is 0 Å². The Morgan fingerprint density at radius 1 is 1.45 bits per heavy atom. The minimum absolute atomic E-state index is 0.162. The summed E-state index contributed by atoms with van der Waals surface area (Å²) < 4.78 is 13.4. The lowest BCUT2D eigenvalue weighted by Gasteiger charge is -2.23. The van der Waals surface area contributed by atoms with Gasteiger partial charge in [0.05, 0.1) is 0 Å². The molecule has 4 N–H and O–H groups in total. The highest BCUT2D eigenvalue weighted by Crippen LogP contribution is 2.50. The SMILES string of the molecule is O=C(O)C(O)(Cc1cnc2ccc(Br)cn12)P(=O)(O)O. The van der Waals surface area contributed by atoms with Gasteiger partial charge in [0.2, 0.25) is 0 Å². The molecule has 108 valence electrons. The summed E-state index contributed by atoms with van der Waals surface area (Å²) in [6.07, 6.45) is 2.04. The molecule has 2 aromatic heterocycles. The Morgan fingerprint density at radius 2 is 2.10 bits per heavy atom. The maximum atomic E-state index is 11.2. The van der Waals surface area contributed by atoms with Gasteiger partial charge < -0.3 is 24.4 Å². The first kappa shape index (κ1) is 15.1. The third-order valence-electron chi connectivity index (χ3n) is 2.80. The van der Waals surface area contributed by atoms with Crippen LogP contribution in [0.2, 0.25) is 0 Å². The number of aliphatic hydroxyl groups is 1. The van der Waals surface area contributed by atoms with E-state index < -0.39 is 25.3 Å². The van der Waals surface area contributed by atoms with Gasteiger partial charge in [0.1, 0.15) is 5.65 Å². The highest BCUT2D eigenvalue weighted by atomic mass is 79.9. The molecule has 0 bridgehead atoms. The fourth-order valence-electron chi connectivity index (χ4n) is 1.69. The number of rotatable bonds is 4. The fraction of sp³-hybridized carbons (Fsp3) is 0.200. The molecule has 2 aromatic rings. The van der Waals surface area contributed by atoms with Crippen LogP contribution in [0.15, 0.2) is 29.0 Å². The molecule has 0 amide bonds. The van der Waals surface area contributed by atoms with Gasteiger partial charge in [0, 0.05) is 29.0 Å². The lowest BCUT2D eigenvalue weighted by molar-refractivity contribution is -0.151. The van der Waals surface area contributed by atoms with E-state index in [1.807, 2.05) is 0 Å². The molecular weight excluding hydrogens is 355 g/mol. The average Bonchev–Trinajstić information content (AvgIpc) is 2.70. The first-order valence-electron chi connectivity index (χ1n) is 5.28. The van der Waals surface area contributed by atoms with E-state index in [0.717, 1.165) is 0 Å². The summed E-state index contributed by atoms with van der Waals surface area (Å²) in [5.41, 5.74) is 0.621. The van der Waals surface area contributed by atoms with E-state index in [9.17, 15) is 14.5 Å². The van der Waals surface area contributed by atoms with Gasteiger partial charge in [-0.1, -0.05) is 0 Å². The average molecular weight is 365 g/mol. The predicted octanol–water partition coefficient (Wildman–Crippen LogP) is 0.590. The van der Waals surface area contributed by atoms with Crippen LogP contribution in [0.3, 0.4) is 0 Å². The Bertz CT molecular complexity index is 726. The molecule has 0 saturated carbocycles. The Labute approximate surface area is 121 Å².